The molecule has 0 aliphatic carbocycles. The second-order valence-corrected chi connectivity index (χ2v) is 5.80. The summed E-state index contributed by atoms with van der Waals surface area (Å²) >= 11 is 12.1. The number of benzene rings is 1. The Morgan fingerprint density at radius 3 is 2.72 bits per heavy atom. The topological polar surface area (TPSA) is 79.8 Å². The van der Waals surface area contributed by atoms with E-state index in [0.29, 0.717) is 28.1 Å². The molecule has 2 aromatic heterocycles. The van der Waals surface area contributed by atoms with Gasteiger partial charge in [0.1, 0.15) is 17.8 Å². The first-order chi connectivity index (χ1) is 12.1. The third-order valence-electron chi connectivity index (χ3n) is 3.27. The van der Waals surface area contributed by atoms with Crippen LogP contribution < -0.4 is 10.6 Å². The van der Waals surface area contributed by atoms with Crippen LogP contribution in [0.4, 0.5) is 11.5 Å². The van der Waals surface area contributed by atoms with Crippen LogP contribution in [0, 0.1) is 0 Å². The standard InChI is InChI=1S/C17H13Cl2N5O/c18-12-5-3-6-13(16(12)19)24-15-8-14(22-10-23-15)17(25)21-9-11-4-1-2-7-20-11/h1-8,10H,9H2,(H,21,25)(H,22,23,24). The Morgan fingerprint density at radius 1 is 1.04 bits per heavy atom. The lowest BCUT2D eigenvalue weighted by Crippen LogP contribution is -2.24. The van der Waals surface area contributed by atoms with E-state index in [0.717, 1.165) is 5.69 Å². The van der Waals surface area contributed by atoms with E-state index < -0.39 is 0 Å². The average Bonchev–Trinajstić information content (AvgIpc) is 2.64. The van der Waals surface area contributed by atoms with Crippen molar-refractivity contribution >= 4 is 40.6 Å². The van der Waals surface area contributed by atoms with E-state index in [1.807, 2.05) is 18.2 Å². The van der Waals surface area contributed by atoms with Crippen molar-refractivity contribution < 1.29 is 4.79 Å². The highest BCUT2D eigenvalue weighted by Crippen LogP contribution is 2.31. The monoisotopic (exact) mass is 373 g/mol. The van der Waals surface area contributed by atoms with Gasteiger partial charge in [-0.3, -0.25) is 9.78 Å². The molecule has 0 atom stereocenters. The minimum Gasteiger partial charge on any atom is -0.345 e. The molecule has 0 radical (unpaired) electrons. The summed E-state index contributed by atoms with van der Waals surface area (Å²) in [5.74, 6) is 0.107. The van der Waals surface area contributed by atoms with Gasteiger partial charge in [0.2, 0.25) is 0 Å². The third kappa shape index (κ3) is 4.43. The fraction of sp³-hybridized carbons (Fsp3) is 0.0588. The predicted octanol–water partition coefficient (Wildman–Crippen LogP) is 3.85. The van der Waals surface area contributed by atoms with Crippen LogP contribution in [-0.4, -0.2) is 20.9 Å². The van der Waals surface area contributed by atoms with Gasteiger partial charge in [-0.1, -0.05) is 35.3 Å². The van der Waals surface area contributed by atoms with Crippen molar-refractivity contribution in [1.82, 2.24) is 20.3 Å². The number of rotatable bonds is 5. The Labute approximate surface area is 154 Å². The summed E-state index contributed by atoms with van der Waals surface area (Å²) in [6.45, 7) is 0.312. The Kier molecular flexibility index (Phi) is 5.42. The number of hydrogen-bond donors (Lipinski definition) is 2. The maximum Gasteiger partial charge on any atom is 0.270 e. The molecular formula is C17H13Cl2N5O. The van der Waals surface area contributed by atoms with E-state index in [9.17, 15) is 4.79 Å². The number of hydrogen-bond acceptors (Lipinski definition) is 5. The van der Waals surface area contributed by atoms with Crippen molar-refractivity contribution in [3.8, 4) is 0 Å². The number of nitrogens with one attached hydrogen (secondary N) is 2. The van der Waals surface area contributed by atoms with E-state index in [2.05, 4.69) is 25.6 Å². The maximum absolute atomic E-state index is 12.2. The van der Waals surface area contributed by atoms with Crippen molar-refractivity contribution in [3.05, 3.63) is 76.4 Å². The highest BCUT2D eigenvalue weighted by atomic mass is 35.5. The number of halogens is 2. The lowest BCUT2D eigenvalue weighted by molar-refractivity contribution is 0.0945. The van der Waals surface area contributed by atoms with Crippen LogP contribution in [0.25, 0.3) is 0 Å². The molecule has 2 N–H and O–H groups in total. The van der Waals surface area contributed by atoms with E-state index in [1.165, 1.54) is 12.4 Å². The normalized spacial score (nSPS) is 10.3. The van der Waals surface area contributed by atoms with Crippen molar-refractivity contribution in [2.24, 2.45) is 0 Å². The summed E-state index contributed by atoms with van der Waals surface area (Å²) < 4.78 is 0. The summed E-state index contributed by atoms with van der Waals surface area (Å²) in [6.07, 6.45) is 2.97. The zero-order valence-corrected chi connectivity index (χ0v) is 14.4. The van der Waals surface area contributed by atoms with Crippen LogP contribution in [0.3, 0.4) is 0 Å². The summed E-state index contributed by atoms with van der Waals surface area (Å²) in [5.41, 5.74) is 1.58. The molecule has 6 nitrogen and oxygen atoms in total. The first kappa shape index (κ1) is 17.1. The van der Waals surface area contributed by atoms with Gasteiger partial charge in [0, 0.05) is 12.3 Å². The second-order valence-electron chi connectivity index (χ2n) is 5.02. The molecule has 0 unspecified atom stereocenters. The van der Waals surface area contributed by atoms with E-state index in [4.69, 9.17) is 23.2 Å². The minimum atomic E-state index is -0.326. The lowest BCUT2D eigenvalue weighted by atomic mass is 10.3. The molecule has 1 aromatic carbocycles. The number of anilines is 2. The molecule has 0 fully saturated rings. The van der Waals surface area contributed by atoms with Gasteiger partial charge in [-0.2, -0.15) is 0 Å². The van der Waals surface area contributed by atoms with Crippen molar-refractivity contribution in [3.63, 3.8) is 0 Å². The quantitative estimate of drug-likeness (QED) is 0.709. The van der Waals surface area contributed by atoms with Crippen molar-refractivity contribution in [2.45, 2.75) is 6.54 Å². The molecule has 25 heavy (non-hydrogen) atoms. The fourth-order valence-corrected chi connectivity index (χ4v) is 2.40. The first-order valence-corrected chi connectivity index (χ1v) is 8.10. The predicted molar refractivity (Wildman–Crippen MR) is 97.2 cm³/mol. The highest BCUT2D eigenvalue weighted by molar-refractivity contribution is 6.43. The minimum absolute atomic E-state index is 0.228. The number of carbonyl (C=O) groups excluding carboxylic acids is 1. The van der Waals surface area contributed by atoms with Crippen molar-refractivity contribution in [2.75, 3.05) is 5.32 Å². The molecule has 126 valence electrons. The molecule has 2 heterocycles. The van der Waals surface area contributed by atoms with Crippen LogP contribution in [0.2, 0.25) is 10.0 Å². The average molecular weight is 374 g/mol. The largest absolute Gasteiger partial charge is 0.345 e. The molecule has 1 amide bonds. The van der Waals surface area contributed by atoms with Crippen molar-refractivity contribution in [1.29, 1.82) is 0 Å². The smallest absolute Gasteiger partial charge is 0.270 e. The summed E-state index contributed by atoms with van der Waals surface area (Å²) in [7, 11) is 0. The van der Waals surface area contributed by atoms with Gasteiger partial charge >= 0.3 is 0 Å². The first-order valence-electron chi connectivity index (χ1n) is 7.34. The van der Waals surface area contributed by atoms with Crippen LogP contribution in [0.15, 0.2) is 55.0 Å². The summed E-state index contributed by atoms with van der Waals surface area (Å²) in [5, 5.41) is 6.59. The molecule has 8 heteroatoms. The number of amides is 1. The van der Waals surface area contributed by atoms with Gasteiger partial charge in [0.25, 0.3) is 5.91 Å². The van der Waals surface area contributed by atoms with Crippen LogP contribution in [0.1, 0.15) is 16.2 Å². The van der Waals surface area contributed by atoms with Crippen LogP contribution in [0.5, 0.6) is 0 Å². The molecule has 3 rings (SSSR count). The van der Waals surface area contributed by atoms with E-state index >= 15 is 0 Å². The number of nitrogens with zero attached hydrogens (tertiary/aromatic N) is 3. The SMILES string of the molecule is O=C(NCc1ccccn1)c1cc(Nc2cccc(Cl)c2Cl)ncn1. The maximum atomic E-state index is 12.2. The molecule has 0 saturated heterocycles. The Hall–Kier alpha value is -2.70. The van der Waals surface area contributed by atoms with Gasteiger partial charge in [0.05, 0.1) is 28.0 Å². The third-order valence-corrected chi connectivity index (χ3v) is 4.09. The number of pyridine rings is 1. The van der Waals surface area contributed by atoms with Gasteiger partial charge < -0.3 is 10.6 Å². The highest BCUT2D eigenvalue weighted by Gasteiger charge is 2.10. The second kappa shape index (κ2) is 7.92. The molecular weight excluding hydrogens is 361 g/mol. The molecule has 0 saturated carbocycles. The molecule has 0 bridgehead atoms. The van der Waals surface area contributed by atoms with E-state index in [1.54, 1.807) is 24.4 Å². The van der Waals surface area contributed by atoms with Gasteiger partial charge in [0.15, 0.2) is 0 Å². The van der Waals surface area contributed by atoms with Crippen LogP contribution in [-0.2, 0) is 6.54 Å². The number of aromatic nitrogens is 3. The lowest BCUT2D eigenvalue weighted by Gasteiger charge is -2.09. The van der Waals surface area contributed by atoms with Gasteiger partial charge in [-0.05, 0) is 24.3 Å². The van der Waals surface area contributed by atoms with Crippen LogP contribution >= 0.6 is 23.2 Å². The summed E-state index contributed by atoms with van der Waals surface area (Å²) in [4.78, 5) is 24.5. The van der Waals surface area contributed by atoms with Gasteiger partial charge in [-0.25, -0.2) is 9.97 Å². The Balaban J connectivity index is 1.70. The van der Waals surface area contributed by atoms with Gasteiger partial charge in [-0.15, -0.1) is 0 Å². The summed E-state index contributed by atoms with van der Waals surface area (Å²) in [6, 6.07) is 12.2. The zero-order valence-electron chi connectivity index (χ0n) is 12.9. The Morgan fingerprint density at radius 2 is 1.92 bits per heavy atom. The Bertz CT molecular complexity index is 889. The molecule has 0 aliphatic rings. The molecule has 3 aromatic rings. The molecule has 0 aliphatic heterocycles. The van der Waals surface area contributed by atoms with E-state index in [-0.39, 0.29) is 11.6 Å². The zero-order chi connectivity index (χ0) is 17.6. The number of carbonyl (C=O) groups is 1. The fourth-order valence-electron chi connectivity index (χ4n) is 2.05. The molecule has 0 spiro atoms.